The molecule has 3 rings (SSSR count). The summed E-state index contributed by atoms with van der Waals surface area (Å²) < 4.78 is 7.22. The number of ether oxygens (including phenoxy) is 1. The van der Waals surface area contributed by atoms with Crippen LogP contribution in [0, 0.1) is 0 Å². The molecule has 1 aromatic carbocycles. The van der Waals surface area contributed by atoms with Crippen LogP contribution in [0.4, 0.5) is 5.69 Å². The number of hydrogen-bond donors (Lipinski definition) is 1. The van der Waals surface area contributed by atoms with Crippen molar-refractivity contribution in [3.05, 3.63) is 57.5 Å². The normalized spacial score (nSPS) is 12.9. The van der Waals surface area contributed by atoms with E-state index in [0.29, 0.717) is 11.4 Å². The van der Waals surface area contributed by atoms with Gasteiger partial charge in [-0.25, -0.2) is 0 Å². The topological polar surface area (TPSA) is 50.3 Å². The van der Waals surface area contributed by atoms with Gasteiger partial charge >= 0.3 is 0 Å². The molecule has 1 aromatic heterocycles. The third-order valence-electron chi connectivity index (χ3n) is 3.59. The number of para-hydroxylation sites is 2. The molecule has 2 heterocycles. The first-order chi connectivity index (χ1) is 10.1. The minimum atomic E-state index is -0.0573. The number of H-pyrrole nitrogens is 1. The lowest BCUT2D eigenvalue weighted by atomic mass is 10.2. The van der Waals surface area contributed by atoms with E-state index in [1.807, 2.05) is 43.1 Å². The van der Waals surface area contributed by atoms with Crippen LogP contribution >= 0.6 is 0 Å². The van der Waals surface area contributed by atoms with Crippen molar-refractivity contribution in [2.75, 3.05) is 11.9 Å². The molecule has 2 aromatic rings. The van der Waals surface area contributed by atoms with Gasteiger partial charge in [0.2, 0.25) is 5.88 Å². The van der Waals surface area contributed by atoms with Gasteiger partial charge in [-0.2, -0.15) is 0 Å². The number of hydrogen-bond acceptors (Lipinski definition) is 3. The number of rotatable bonds is 2. The molecule has 0 spiro atoms. The maximum absolute atomic E-state index is 12.0. The summed E-state index contributed by atoms with van der Waals surface area (Å²) in [6.45, 7) is 2.00. The maximum atomic E-state index is 12.0. The van der Waals surface area contributed by atoms with Gasteiger partial charge in [-0.1, -0.05) is 24.8 Å². The second kappa shape index (κ2) is 5.04. The third-order valence-corrected chi connectivity index (χ3v) is 3.59. The zero-order chi connectivity index (χ0) is 15.0. The van der Waals surface area contributed by atoms with Crippen LogP contribution in [0.2, 0.25) is 0 Å². The van der Waals surface area contributed by atoms with E-state index in [1.54, 1.807) is 13.1 Å². The number of nitrogens with one attached hydrogen (secondary N) is 1. The van der Waals surface area contributed by atoms with Crippen LogP contribution in [0.1, 0.15) is 18.2 Å². The predicted octanol–water partition coefficient (Wildman–Crippen LogP) is 2.26. The molecule has 0 aliphatic carbocycles. The Hall–Kier alpha value is -2.65. The molecule has 0 saturated heterocycles. The molecule has 108 valence electrons. The summed E-state index contributed by atoms with van der Waals surface area (Å²) >= 11 is 0. The van der Waals surface area contributed by atoms with Gasteiger partial charge in [-0.05, 0) is 18.6 Å². The maximum Gasteiger partial charge on any atom is 0.274 e. The Balaban J connectivity index is 2.03. The number of aromatic amines is 1. The highest BCUT2D eigenvalue weighted by Crippen LogP contribution is 2.36. The molecular weight excluding hydrogens is 266 g/mol. The van der Waals surface area contributed by atoms with Gasteiger partial charge in [0.1, 0.15) is 0 Å². The SMILES string of the molecule is CCc1[nH]n(C)c(=O)c1C=C=C1Oc2ccccc2N1C. The second-order valence-electron chi connectivity index (χ2n) is 4.94. The summed E-state index contributed by atoms with van der Waals surface area (Å²) in [4.78, 5) is 14.0. The molecule has 21 heavy (non-hydrogen) atoms. The average molecular weight is 283 g/mol. The second-order valence-corrected chi connectivity index (χ2v) is 4.94. The molecule has 5 nitrogen and oxygen atoms in total. The molecule has 0 radical (unpaired) electrons. The summed E-state index contributed by atoms with van der Waals surface area (Å²) in [5, 5.41) is 3.04. The van der Waals surface area contributed by atoms with Crippen LogP contribution in [0.3, 0.4) is 0 Å². The van der Waals surface area contributed by atoms with Crippen molar-refractivity contribution in [2.45, 2.75) is 13.3 Å². The van der Waals surface area contributed by atoms with E-state index < -0.39 is 0 Å². The van der Waals surface area contributed by atoms with Crippen LogP contribution in [0.15, 0.2) is 40.7 Å². The number of fused-ring (bicyclic) bond motifs is 1. The number of benzene rings is 1. The lowest BCUT2D eigenvalue weighted by Gasteiger charge is -2.07. The molecule has 0 bridgehead atoms. The molecule has 0 unspecified atom stereocenters. The first kappa shape index (κ1) is 13.3. The molecule has 0 fully saturated rings. The van der Waals surface area contributed by atoms with E-state index >= 15 is 0 Å². The number of nitrogens with zero attached hydrogens (tertiary/aromatic N) is 2. The highest BCUT2D eigenvalue weighted by Gasteiger charge is 2.21. The molecule has 1 N–H and O–H groups in total. The van der Waals surface area contributed by atoms with Gasteiger partial charge < -0.3 is 9.64 Å². The minimum Gasteiger partial charge on any atom is -0.432 e. The molecule has 0 amide bonds. The summed E-state index contributed by atoms with van der Waals surface area (Å²) in [5.41, 5.74) is 5.54. The lowest BCUT2D eigenvalue weighted by Crippen LogP contribution is -2.14. The average Bonchev–Trinajstić information content (AvgIpc) is 2.96. The fourth-order valence-electron chi connectivity index (χ4n) is 2.40. The highest BCUT2D eigenvalue weighted by atomic mass is 16.5. The predicted molar refractivity (Wildman–Crippen MR) is 82.4 cm³/mol. The summed E-state index contributed by atoms with van der Waals surface area (Å²) in [6, 6.07) is 7.78. The van der Waals surface area contributed by atoms with Gasteiger partial charge in [-0.3, -0.25) is 14.6 Å². The zero-order valence-corrected chi connectivity index (χ0v) is 12.3. The number of anilines is 1. The summed E-state index contributed by atoms with van der Waals surface area (Å²) in [7, 11) is 3.62. The van der Waals surface area contributed by atoms with E-state index in [0.717, 1.165) is 23.6 Å². The molecule has 1 aliphatic heterocycles. The number of aryl methyl sites for hydroxylation is 2. The fraction of sp³-hybridized carbons (Fsp3) is 0.250. The van der Waals surface area contributed by atoms with Gasteiger partial charge in [0.05, 0.1) is 11.3 Å². The largest absolute Gasteiger partial charge is 0.432 e. The van der Waals surface area contributed by atoms with Gasteiger partial charge in [-0.15, -0.1) is 0 Å². The Morgan fingerprint density at radius 3 is 2.81 bits per heavy atom. The zero-order valence-electron chi connectivity index (χ0n) is 12.3. The van der Waals surface area contributed by atoms with Crippen LogP contribution in [0.25, 0.3) is 6.08 Å². The Bertz CT molecular complexity index is 807. The van der Waals surface area contributed by atoms with E-state index in [1.165, 1.54) is 4.68 Å². The molecule has 0 saturated carbocycles. The highest BCUT2D eigenvalue weighted by molar-refractivity contribution is 5.66. The Labute approximate surface area is 122 Å². The van der Waals surface area contributed by atoms with E-state index in [-0.39, 0.29) is 5.56 Å². The van der Waals surface area contributed by atoms with E-state index in [9.17, 15) is 4.79 Å². The van der Waals surface area contributed by atoms with Gasteiger partial charge in [0, 0.05) is 25.9 Å². The molecule has 5 heteroatoms. The fourth-order valence-corrected chi connectivity index (χ4v) is 2.40. The third kappa shape index (κ3) is 2.18. The Morgan fingerprint density at radius 1 is 1.33 bits per heavy atom. The van der Waals surface area contributed by atoms with Crippen molar-refractivity contribution >= 4 is 11.8 Å². The molecule has 0 atom stereocenters. The minimum absolute atomic E-state index is 0.0573. The summed E-state index contributed by atoms with van der Waals surface area (Å²) in [6.07, 6.45) is 2.45. The van der Waals surface area contributed by atoms with Crippen molar-refractivity contribution in [2.24, 2.45) is 7.05 Å². The smallest absolute Gasteiger partial charge is 0.274 e. The van der Waals surface area contributed by atoms with Crippen LogP contribution in [-0.4, -0.2) is 16.8 Å². The number of aromatic nitrogens is 2. The van der Waals surface area contributed by atoms with Crippen LogP contribution in [-0.2, 0) is 13.5 Å². The van der Waals surface area contributed by atoms with Crippen molar-refractivity contribution in [3.8, 4) is 5.75 Å². The Kier molecular flexibility index (Phi) is 3.20. The van der Waals surface area contributed by atoms with Crippen molar-refractivity contribution in [1.29, 1.82) is 0 Å². The van der Waals surface area contributed by atoms with Crippen molar-refractivity contribution in [1.82, 2.24) is 9.78 Å². The van der Waals surface area contributed by atoms with Crippen LogP contribution < -0.4 is 15.2 Å². The first-order valence-corrected chi connectivity index (χ1v) is 6.87. The van der Waals surface area contributed by atoms with Gasteiger partial charge in [0.25, 0.3) is 5.56 Å². The van der Waals surface area contributed by atoms with Crippen molar-refractivity contribution in [3.63, 3.8) is 0 Å². The van der Waals surface area contributed by atoms with E-state index in [4.69, 9.17) is 4.74 Å². The monoisotopic (exact) mass is 283 g/mol. The van der Waals surface area contributed by atoms with Gasteiger partial charge in [0.15, 0.2) is 5.75 Å². The molecular formula is C16H17N3O2. The quantitative estimate of drug-likeness (QED) is 0.860. The summed E-state index contributed by atoms with van der Waals surface area (Å²) in [5.74, 6) is 1.38. The van der Waals surface area contributed by atoms with Crippen molar-refractivity contribution < 1.29 is 4.74 Å². The van der Waals surface area contributed by atoms with Crippen LogP contribution in [0.5, 0.6) is 5.75 Å². The Morgan fingerprint density at radius 2 is 2.10 bits per heavy atom. The van der Waals surface area contributed by atoms with E-state index in [2.05, 4.69) is 10.8 Å². The molecule has 1 aliphatic rings. The standard InChI is InChI=1S/C16H17N3O2/c1-4-12-11(16(20)19(3)17-12)9-10-15-18(2)13-7-5-6-8-14(13)21-15/h5-9,17H,4H2,1-3H3. The first-order valence-electron chi connectivity index (χ1n) is 6.87. The lowest BCUT2D eigenvalue weighted by molar-refractivity contribution is 0.445.